The van der Waals surface area contributed by atoms with Gasteiger partial charge in [0, 0.05) is 29.3 Å². The first-order chi connectivity index (χ1) is 15.9. The van der Waals surface area contributed by atoms with E-state index in [1.54, 1.807) is 29.1 Å². The van der Waals surface area contributed by atoms with Crippen molar-refractivity contribution < 1.29 is 13.6 Å². The minimum atomic E-state index is -0.735. The maximum absolute atomic E-state index is 13.9. The molecule has 0 saturated heterocycles. The summed E-state index contributed by atoms with van der Waals surface area (Å²) in [5.74, 6) is -1.67. The molecule has 0 unspecified atom stereocenters. The van der Waals surface area contributed by atoms with Gasteiger partial charge in [-0.3, -0.25) is 4.79 Å². The lowest BCUT2D eigenvalue weighted by atomic mass is 9.98. The third-order valence-electron chi connectivity index (χ3n) is 5.10. The fourth-order valence-corrected chi connectivity index (χ4v) is 3.62. The highest BCUT2D eigenvalue weighted by atomic mass is 35.5. The van der Waals surface area contributed by atoms with E-state index >= 15 is 0 Å². The highest BCUT2D eigenvalue weighted by Gasteiger charge is 2.17. The Bertz CT molecular complexity index is 1340. The Balaban J connectivity index is 1.61. The molecule has 4 aromatic rings. The molecule has 6 nitrogen and oxygen atoms in total. The average molecular weight is 468 g/mol. The van der Waals surface area contributed by atoms with Gasteiger partial charge in [-0.25, -0.2) is 13.5 Å². The Morgan fingerprint density at radius 3 is 2.64 bits per heavy atom. The van der Waals surface area contributed by atoms with Crippen molar-refractivity contribution >= 4 is 28.8 Å². The van der Waals surface area contributed by atoms with E-state index < -0.39 is 11.6 Å². The lowest BCUT2D eigenvalue weighted by Crippen LogP contribution is -2.07. The van der Waals surface area contributed by atoms with Crippen LogP contribution in [0.2, 0.25) is 5.02 Å². The number of anilines is 2. The minimum absolute atomic E-state index is 0.0944. The van der Waals surface area contributed by atoms with Crippen molar-refractivity contribution in [1.82, 2.24) is 15.0 Å². The Kier molecular flexibility index (Phi) is 6.48. The number of nitrogens with one attached hydrogen (secondary N) is 1. The Morgan fingerprint density at radius 1 is 1.09 bits per heavy atom. The largest absolute Gasteiger partial charge is 0.353 e. The third-order valence-corrected chi connectivity index (χ3v) is 5.41. The smallest absolute Gasteiger partial charge is 0.194 e. The van der Waals surface area contributed by atoms with E-state index in [4.69, 9.17) is 17.3 Å². The van der Waals surface area contributed by atoms with Crippen molar-refractivity contribution in [3.05, 3.63) is 99.8 Å². The molecule has 0 aliphatic heterocycles. The van der Waals surface area contributed by atoms with Gasteiger partial charge in [-0.2, -0.15) is 0 Å². The number of carbonyl (C=O) groups is 1. The molecule has 0 saturated carbocycles. The summed E-state index contributed by atoms with van der Waals surface area (Å²) in [6.07, 6.45) is 2.38. The fourth-order valence-electron chi connectivity index (χ4n) is 3.35. The van der Waals surface area contributed by atoms with E-state index in [0.29, 0.717) is 35.5 Å². The SMILES string of the molecule is Cc1ccc(-n2cc(CCN)nn2)cc1C(=O)c1ccc(Nc2ccc(F)cc2F)cc1Cl. The minimum Gasteiger partial charge on any atom is -0.353 e. The quantitative estimate of drug-likeness (QED) is 0.374. The molecule has 0 bridgehead atoms. The molecule has 1 heterocycles. The normalized spacial score (nSPS) is 10.9. The third kappa shape index (κ3) is 4.92. The van der Waals surface area contributed by atoms with Crippen LogP contribution in [-0.4, -0.2) is 27.3 Å². The van der Waals surface area contributed by atoms with Crippen molar-refractivity contribution in [2.75, 3.05) is 11.9 Å². The maximum atomic E-state index is 13.9. The number of halogens is 3. The van der Waals surface area contributed by atoms with E-state index in [-0.39, 0.29) is 16.5 Å². The lowest BCUT2D eigenvalue weighted by molar-refractivity contribution is 0.103. The Labute approximate surface area is 194 Å². The molecule has 3 aromatic carbocycles. The molecule has 3 N–H and O–H groups in total. The van der Waals surface area contributed by atoms with E-state index in [1.165, 1.54) is 12.1 Å². The second-order valence-electron chi connectivity index (χ2n) is 7.47. The molecule has 0 radical (unpaired) electrons. The number of nitrogens with zero attached hydrogens (tertiary/aromatic N) is 3. The maximum Gasteiger partial charge on any atom is 0.194 e. The summed E-state index contributed by atoms with van der Waals surface area (Å²) in [5.41, 5.74) is 9.10. The molecular weight excluding hydrogens is 448 g/mol. The average Bonchev–Trinajstić information content (AvgIpc) is 3.25. The van der Waals surface area contributed by atoms with E-state index in [1.807, 2.05) is 19.1 Å². The zero-order valence-electron chi connectivity index (χ0n) is 17.6. The number of nitrogens with two attached hydrogens (primary N) is 1. The number of hydrogen-bond acceptors (Lipinski definition) is 5. The van der Waals surface area contributed by atoms with Crippen LogP contribution >= 0.6 is 11.6 Å². The van der Waals surface area contributed by atoms with Gasteiger partial charge in [-0.05, 0) is 61.5 Å². The van der Waals surface area contributed by atoms with Gasteiger partial charge in [0.15, 0.2) is 5.78 Å². The predicted octanol–water partition coefficient (Wildman–Crippen LogP) is 4.98. The van der Waals surface area contributed by atoms with Gasteiger partial charge in [0.25, 0.3) is 0 Å². The predicted molar refractivity (Wildman–Crippen MR) is 123 cm³/mol. The summed E-state index contributed by atoms with van der Waals surface area (Å²) in [6.45, 7) is 2.30. The Morgan fingerprint density at radius 2 is 1.91 bits per heavy atom. The van der Waals surface area contributed by atoms with Crippen molar-refractivity contribution in [1.29, 1.82) is 0 Å². The summed E-state index contributed by atoms with van der Waals surface area (Å²) in [4.78, 5) is 13.3. The molecule has 0 fully saturated rings. The van der Waals surface area contributed by atoms with E-state index in [0.717, 1.165) is 23.4 Å². The molecule has 0 spiro atoms. The van der Waals surface area contributed by atoms with Crippen LogP contribution in [0.4, 0.5) is 20.2 Å². The molecule has 4 rings (SSSR count). The molecule has 9 heteroatoms. The number of aryl methyl sites for hydroxylation is 1. The van der Waals surface area contributed by atoms with Crippen LogP contribution in [0.1, 0.15) is 27.2 Å². The highest BCUT2D eigenvalue weighted by molar-refractivity contribution is 6.35. The molecule has 0 atom stereocenters. The molecule has 0 aliphatic carbocycles. The Hall–Kier alpha value is -3.62. The molecule has 1 aromatic heterocycles. The highest BCUT2D eigenvalue weighted by Crippen LogP contribution is 2.28. The summed E-state index contributed by atoms with van der Waals surface area (Å²) in [5, 5.41) is 11.2. The number of rotatable bonds is 7. The lowest BCUT2D eigenvalue weighted by Gasteiger charge is -2.12. The number of ketones is 1. The van der Waals surface area contributed by atoms with Gasteiger partial charge >= 0.3 is 0 Å². The first-order valence-corrected chi connectivity index (χ1v) is 10.5. The van der Waals surface area contributed by atoms with Gasteiger partial charge in [0.1, 0.15) is 11.6 Å². The van der Waals surface area contributed by atoms with Crippen LogP contribution < -0.4 is 11.1 Å². The topological polar surface area (TPSA) is 85.8 Å². The van der Waals surface area contributed by atoms with Crippen molar-refractivity contribution in [2.45, 2.75) is 13.3 Å². The number of carbonyl (C=O) groups excluding carboxylic acids is 1. The van der Waals surface area contributed by atoms with Crippen LogP contribution in [0, 0.1) is 18.6 Å². The van der Waals surface area contributed by atoms with Gasteiger partial charge < -0.3 is 11.1 Å². The first kappa shape index (κ1) is 22.6. The second kappa shape index (κ2) is 9.48. The van der Waals surface area contributed by atoms with Gasteiger partial charge in [-0.1, -0.05) is 22.9 Å². The van der Waals surface area contributed by atoms with Gasteiger partial charge in [0.2, 0.25) is 0 Å². The summed E-state index contributed by atoms with van der Waals surface area (Å²) in [7, 11) is 0. The summed E-state index contributed by atoms with van der Waals surface area (Å²) >= 11 is 6.40. The standard InChI is InChI=1S/C24H20ClF2N5O/c1-14-2-5-18(32-13-17(8-9-28)30-31-32)12-20(14)24(33)19-6-4-16(11-21(19)25)29-23-7-3-15(26)10-22(23)27/h2-7,10-13,29H,8-9,28H2,1H3. The number of hydrogen-bond donors (Lipinski definition) is 2. The summed E-state index contributed by atoms with van der Waals surface area (Å²) < 4.78 is 28.6. The van der Waals surface area contributed by atoms with Crippen LogP contribution in [0.15, 0.2) is 60.8 Å². The van der Waals surface area contributed by atoms with Crippen LogP contribution in [-0.2, 0) is 6.42 Å². The molecular formula is C24H20ClF2N5O. The van der Waals surface area contributed by atoms with Crippen molar-refractivity contribution in [2.24, 2.45) is 5.73 Å². The van der Waals surface area contributed by atoms with Crippen LogP contribution in [0.5, 0.6) is 0 Å². The zero-order chi connectivity index (χ0) is 23.5. The molecule has 33 heavy (non-hydrogen) atoms. The van der Waals surface area contributed by atoms with E-state index in [2.05, 4.69) is 15.6 Å². The zero-order valence-corrected chi connectivity index (χ0v) is 18.4. The van der Waals surface area contributed by atoms with Gasteiger partial charge in [0.05, 0.1) is 28.3 Å². The van der Waals surface area contributed by atoms with E-state index in [9.17, 15) is 13.6 Å². The van der Waals surface area contributed by atoms with Crippen LogP contribution in [0.25, 0.3) is 5.69 Å². The van der Waals surface area contributed by atoms with Gasteiger partial charge in [-0.15, -0.1) is 5.10 Å². The molecule has 0 aliphatic rings. The molecule has 168 valence electrons. The summed E-state index contributed by atoms with van der Waals surface area (Å²) in [6, 6.07) is 13.3. The monoisotopic (exact) mass is 467 g/mol. The van der Waals surface area contributed by atoms with Crippen molar-refractivity contribution in [3.8, 4) is 5.69 Å². The number of aromatic nitrogens is 3. The second-order valence-corrected chi connectivity index (χ2v) is 7.87. The number of benzene rings is 3. The fraction of sp³-hybridized carbons (Fsp3) is 0.125. The molecule has 0 amide bonds. The van der Waals surface area contributed by atoms with Crippen LogP contribution in [0.3, 0.4) is 0 Å². The first-order valence-electron chi connectivity index (χ1n) is 10.1. The van der Waals surface area contributed by atoms with Crippen molar-refractivity contribution in [3.63, 3.8) is 0 Å².